The van der Waals surface area contributed by atoms with Crippen LogP contribution < -0.4 is 0 Å². The van der Waals surface area contributed by atoms with Gasteiger partial charge in [0.1, 0.15) is 0 Å². The number of hydrogen-bond donors (Lipinski definition) is 1. The molecule has 0 aromatic carbocycles. The van der Waals surface area contributed by atoms with Crippen LogP contribution in [-0.4, -0.2) is 11.2 Å². The van der Waals surface area contributed by atoms with Crippen LogP contribution in [0.25, 0.3) is 0 Å². The van der Waals surface area contributed by atoms with Crippen molar-refractivity contribution in [2.24, 2.45) is 5.92 Å². The second-order valence-corrected chi connectivity index (χ2v) is 3.21. The van der Waals surface area contributed by atoms with Gasteiger partial charge in [-0.1, -0.05) is 32.4 Å². The van der Waals surface area contributed by atoms with Gasteiger partial charge in [0.2, 0.25) is 0 Å². The van der Waals surface area contributed by atoms with Crippen LogP contribution in [0.3, 0.4) is 0 Å². The molecule has 0 rings (SSSR count). The summed E-state index contributed by atoms with van der Waals surface area (Å²) in [7, 11) is 0. The van der Waals surface area contributed by atoms with Crippen molar-refractivity contribution in [3.05, 3.63) is 12.2 Å². The fraction of sp³-hybridized carbons (Fsp3) is 0.800. The maximum absolute atomic E-state index is 9.14. The zero-order valence-corrected chi connectivity index (χ0v) is 7.88. The van der Waals surface area contributed by atoms with Gasteiger partial charge in [-0.05, 0) is 25.7 Å². The first-order chi connectivity index (χ1) is 5.18. The lowest BCUT2D eigenvalue weighted by molar-refractivity contribution is 0.136. The van der Waals surface area contributed by atoms with Crippen LogP contribution in [0.5, 0.6) is 0 Å². The van der Waals surface area contributed by atoms with Gasteiger partial charge >= 0.3 is 0 Å². The van der Waals surface area contributed by atoms with Crippen LogP contribution in [0.4, 0.5) is 0 Å². The zero-order valence-electron chi connectivity index (χ0n) is 7.88. The Morgan fingerprint density at radius 2 is 1.91 bits per heavy atom. The molecule has 0 fully saturated rings. The van der Waals surface area contributed by atoms with Gasteiger partial charge in [-0.15, -0.1) is 0 Å². The largest absolute Gasteiger partial charge is 0.393 e. The molecular formula is C10H20O. The highest BCUT2D eigenvalue weighted by atomic mass is 16.3. The van der Waals surface area contributed by atoms with E-state index in [0.29, 0.717) is 5.92 Å². The summed E-state index contributed by atoms with van der Waals surface area (Å²) in [4.78, 5) is 0. The Morgan fingerprint density at radius 3 is 2.36 bits per heavy atom. The minimum absolute atomic E-state index is 0.179. The average Bonchev–Trinajstić information content (AvgIpc) is 1.97. The quantitative estimate of drug-likeness (QED) is 0.607. The van der Waals surface area contributed by atoms with Crippen LogP contribution in [-0.2, 0) is 0 Å². The van der Waals surface area contributed by atoms with Gasteiger partial charge < -0.3 is 5.11 Å². The van der Waals surface area contributed by atoms with Gasteiger partial charge in [-0.25, -0.2) is 0 Å². The maximum Gasteiger partial charge on any atom is 0.0540 e. The third-order valence-electron chi connectivity index (χ3n) is 1.95. The maximum atomic E-state index is 9.14. The average molecular weight is 156 g/mol. The van der Waals surface area contributed by atoms with Crippen LogP contribution in [0.2, 0.25) is 0 Å². The predicted molar refractivity (Wildman–Crippen MR) is 49.5 cm³/mol. The molecule has 0 aromatic heterocycles. The molecule has 0 aromatic rings. The summed E-state index contributed by atoms with van der Waals surface area (Å²) < 4.78 is 0. The third-order valence-corrected chi connectivity index (χ3v) is 1.95. The Labute approximate surface area is 70.1 Å². The van der Waals surface area contributed by atoms with E-state index in [1.807, 2.05) is 6.92 Å². The first-order valence-electron chi connectivity index (χ1n) is 4.51. The summed E-state index contributed by atoms with van der Waals surface area (Å²) in [5, 5.41) is 9.14. The third kappa shape index (κ3) is 6.11. The molecule has 1 nitrogen and oxygen atoms in total. The number of aliphatic hydroxyl groups is 1. The molecule has 0 radical (unpaired) electrons. The standard InChI is InChI=1S/C10H20O/c1-4-5-6-7-8-9(2)10(3)11/h6-7,9-11H,4-5,8H2,1-3H3/b7-6+. The molecule has 2 unspecified atom stereocenters. The molecular weight excluding hydrogens is 136 g/mol. The first-order valence-corrected chi connectivity index (χ1v) is 4.51. The van der Waals surface area contributed by atoms with Crippen molar-refractivity contribution in [2.45, 2.75) is 46.1 Å². The highest BCUT2D eigenvalue weighted by Crippen LogP contribution is 2.08. The monoisotopic (exact) mass is 156 g/mol. The number of allylic oxidation sites excluding steroid dienone is 2. The minimum Gasteiger partial charge on any atom is -0.393 e. The molecule has 0 spiro atoms. The minimum atomic E-state index is -0.179. The smallest absolute Gasteiger partial charge is 0.0540 e. The van der Waals surface area contributed by atoms with Crippen molar-refractivity contribution in [1.29, 1.82) is 0 Å². The summed E-state index contributed by atoms with van der Waals surface area (Å²) >= 11 is 0. The molecule has 0 heterocycles. The number of rotatable bonds is 5. The van der Waals surface area contributed by atoms with E-state index < -0.39 is 0 Å². The molecule has 0 aliphatic rings. The second-order valence-electron chi connectivity index (χ2n) is 3.21. The Bertz CT molecular complexity index is 105. The van der Waals surface area contributed by atoms with E-state index in [0.717, 1.165) is 12.8 Å². The van der Waals surface area contributed by atoms with Crippen molar-refractivity contribution in [2.75, 3.05) is 0 Å². The van der Waals surface area contributed by atoms with Crippen LogP contribution >= 0.6 is 0 Å². The molecule has 0 aliphatic heterocycles. The molecule has 0 amide bonds. The summed E-state index contributed by atoms with van der Waals surface area (Å²) in [6, 6.07) is 0. The van der Waals surface area contributed by atoms with Gasteiger partial charge in [0.05, 0.1) is 6.10 Å². The van der Waals surface area contributed by atoms with E-state index >= 15 is 0 Å². The molecule has 0 aliphatic carbocycles. The second kappa shape index (κ2) is 6.41. The Kier molecular flexibility index (Phi) is 6.24. The van der Waals surface area contributed by atoms with Crippen molar-refractivity contribution < 1.29 is 5.11 Å². The summed E-state index contributed by atoms with van der Waals surface area (Å²) in [5.41, 5.74) is 0. The van der Waals surface area contributed by atoms with Crippen molar-refractivity contribution in [1.82, 2.24) is 0 Å². The predicted octanol–water partition coefficient (Wildman–Crippen LogP) is 2.75. The zero-order chi connectivity index (χ0) is 8.69. The molecule has 0 saturated heterocycles. The van der Waals surface area contributed by atoms with Gasteiger partial charge in [0, 0.05) is 0 Å². The number of aliphatic hydroxyl groups excluding tert-OH is 1. The van der Waals surface area contributed by atoms with Gasteiger partial charge in [-0.3, -0.25) is 0 Å². The van der Waals surface area contributed by atoms with E-state index in [1.165, 1.54) is 6.42 Å². The van der Waals surface area contributed by atoms with E-state index in [2.05, 4.69) is 26.0 Å². The van der Waals surface area contributed by atoms with Crippen LogP contribution in [0.1, 0.15) is 40.0 Å². The lowest BCUT2D eigenvalue weighted by atomic mass is 10.0. The molecule has 0 bridgehead atoms. The van der Waals surface area contributed by atoms with Crippen molar-refractivity contribution in [3.8, 4) is 0 Å². The Morgan fingerprint density at radius 1 is 1.27 bits per heavy atom. The molecule has 11 heavy (non-hydrogen) atoms. The van der Waals surface area contributed by atoms with E-state index in [4.69, 9.17) is 5.11 Å². The van der Waals surface area contributed by atoms with Gasteiger partial charge in [-0.2, -0.15) is 0 Å². The number of unbranched alkanes of at least 4 members (excludes halogenated alkanes) is 1. The van der Waals surface area contributed by atoms with Crippen molar-refractivity contribution >= 4 is 0 Å². The molecule has 66 valence electrons. The summed E-state index contributed by atoms with van der Waals surface area (Å²) in [6.07, 6.45) is 7.55. The Hall–Kier alpha value is -0.300. The first kappa shape index (κ1) is 10.7. The normalized spacial score (nSPS) is 17.1. The van der Waals surface area contributed by atoms with Gasteiger partial charge in [0.15, 0.2) is 0 Å². The lowest BCUT2D eigenvalue weighted by Gasteiger charge is -2.10. The van der Waals surface area contributed by atoms with Crippen LogP contribution in [0.15, 0.2) is 12.2 Å². The SMILES string of the molecule is CCC/C=C/CC(C)C(C)O. The highest BCUT2D eigenvalue weighted by Gasteiger charge is 2.04. The molecule has 1 heteroatoms. The van der Waals surface area contributed by atoms with E-state index in [1.54, 1.807) is 0 Å². The van der Waals surface area contributed by atoms with E-state index in [9.17, 15) is 0 Å². The molecule has 1 N–H and O–H groups in total. The van der Waals surface area contributed by atoms with Gasteiger partial charge in [0.25, 0.3) is 0 Å². The number of hydrogen-bond acceptors (Lipinski definition) is 1. The lowest BCUT2D eigenvalue weighted by Crippen LogP contribution is -2.11. The Balaban J connectivity index is 3.36. The fourth-order valence-electron chi connectivity index (χ4n) is 0.792. The summed E-state index contributed by atoms with van der Waals surface area (Å²) in [5.74, 6) is 0.392. The molecule has 2 atom stereocenters. The highest BCUT2D eigenvalue weighted by molar-refractivity contribution is 4.83. The summed E-state index contributed by atoms with van der Waals surface area (Å²) in [6.45, 7) is 6.09. The molecule has 0 saturated carbocycles. The van der Waals surface area contributed by atoms with Crippen molar-refractivity contribution in [3.63, 3.8) is 0 Å². The van der Waals surface area contributed by atoms with E-state index in [-0.39, 0.29) is 6.10 Å². The fourth-order valence-corrected chi connectivity index (χ4v) is 0.792. The topological polar surface area (TPSA) is 20.2 Å². The van der Waals surface area contributed by atoms with Crippen LogP contribution in [0, 0.1) is 5.92 Å².